The first-order valence-corrected chi connectivity index (χ1v) is 8.25. The molecule has 3 rings (SSSR count). The smallest absolute Gasteiger partial charge is 0.142 e. The maximum absolute atomic E-state index is 5.39. The summed E-state index contributed by atoms with van der Waals surface area (Å²) in [6, 6.07) is 14.7. The number of hydrogen-bond donors (Lipinski definition) is 1. The standard InChI is InChI=1S/C16H16BrNOS/c1-19-15-7-6-12(17)9-14(15)18-10-13-8-11-4-2-3-5-16(11)20-13/h2-7,9,13,18H,8,10H2,1H3. The van der Waals surface area contributed by atoms with Gasteiger partial charge < -0.3 is 10.1 Å². The zero-order valence-electron chi connectivity index (χ0n) is 11.2. The summed E-state index contributed by atoms with van der Waals surface area (Å²) in [5.41, 5.74) is 2.50. The van der Waals surface area contributed by atoms with E-state index in [-0.39, 0.29) is 0 Å². The van der Waals surface area contributed by atoms with Gasteiger partial charge in [0.1, 0.15) is 5.75 Å². The van der Waals surface area contributed by atoms with E-state index in [0.29, 0.717) is 5.25 Å². The quantitative estimate of drug-likeness (QED) is 0.872. The SMILES string of the molecule is COc1ccc(Br)cc1NCC1Cc2ccccc2S1. The first-order valence-electron chi connectivity index (χ1n) is 6.58. The molecule has 1 unspecified atom stereocenters. The number of benzene rings is 2. The molecule has 104 valence electrons. The van der Waals surface area contributed by atoms with E-state index in [1.54, 1.807) is 7.11 Å². The Morgan fingerprint density at radius 2 is 2.15 bits per heavy atom. The average molecular weight is 350 g/mol. The molecule has 1 heterocycles. The summed E-state index contributed by atoms with van der Waals surface area (Å²) in [6.07, 6.45) is 1.13. The summed E-state index contributed by atoms with van der Waals surface area (Å²) >= 11 is 5.46. The molecule has 1 N–H and O–H groups in total. The van der Waals surface area contributed by atoms with Crippen LogP contribution in [-0.2, 0) is 6.42 Å². The maximum atomic E-state index is 5.39. The van der Waals surface area contributed by atoms with Crippen molar-refractivity contribution in [1.29, 1.82) is 0 Å². The Hall–Kier alpha value is -1.13. The third-order valence-electron chi connectivity index (χ3n) is 3.40. The monoisotopic (exact) mass is 349 g/mol. The predicted octanol–water partition coefficient (Wildman–Crippen LogP) is 4.59. The van der Waals surface area contributed by atoms with Crippen molar-refractivity contribution in [3.63, 3.8) is 0 Å². The van der Waals surface area contributed by atoms with Crippen LogP contribution in [0.3, 0.4) is 0 Å². The number of fused-ring (bicyclic) bond motifs is 1. The molecule has 0 saturated carbocycles. The fraction of sp³-hybridized carbons (Fsp3) is 0.250. The molecule has 0 bridgehead atoms. The largest absolute Gasteiger partial charge is 0.495 e. The van der Waals surface area contributed by atoms with Gasteiger partial charge in [-0.15, -0.1) is 11.8 Å². The fourth-order valence-corrected chi connectivity index (χ4v) is 4.02. The number of thioether (sulfide) groups is 1. The zero-order chi connectivity index (χ0) is 13.9. The van der Waals surface area contributed by atoms with Crippen molar-refractivity contribution in [2.45, 2.75) is 16.6 Å². The van der Waals surface area contributed by atoms with E-state index in [4.69, 9.17) is 4.74 Å². The Labute approximate surface area is 132 Å². The molecule has 0 aromatic heterocycles. The first-order chi connectivity index (χ1) is 9.76. The lowest BCUT2D eigenvalue weighted by Gasteiger charge is -2.14. The van der Waals surface area contributed by atoms with Crippen molar-refractivity contribution in [2.75, 3.05) is 19.0 Å². The molecule has 0 fully saturated rings. The van der Waals surface area contributed by atoms with Crippen LogP contribution in [-0.4, -0.2) is 18.9 Å². The van der Waals surface area contributed by atoms with E-state index >= 15 is 0 Å². The van der Waals surface area contributed by atoms with Gasteiger partial charge in [-0.25, -0.2) is 0 Å². The first kappa shape index (κ1) is 13.8. The Morgan fingerprint density at radius 3 is 2.95 bits per heavy atom. The van der Waals surface area contributed by atoms with Crippen molar-refractivity contribution < 1.29 is 4.74 Å². The van der Waals surface area contributed by atoms with E-state index < -0.39 is 0 Å². The Bertz CT molecular complexity index is 592. The lowest BCUT2D eigenvalue weighted by atomic mass is 10.1. The molecule has 0 spiro atoms. The number of hydrogen-bond acceptors (Lipinski definition) is 3. The van der Waals surface area contributed by atoms with Gasteiger partial charge in [-0.1, -0.05) is 34.1 Å². The molecule has 1 aliphatic heterocycles. The molecule has 2 nitrogen and oxygen atoms in total. The second-order valence-corrected chi connectivity index (χ2v) is 7.04. The highest BCUT2D eigenvalue weighted by Gasteiger charge is 2.21. The van der Waals surface area contributed by atoms with Crippen molar-refractivity contribution >= 4 is 33.4 Å². The van der Waals surface area contributed by atoms with Gasteiger partial charge in [0.15, 0.2) is 0 Å². The number of nitrogens with one attached hydrogen (secondary N) is 1. The zero-order valence-corrected chi connectivity index (χ0v) is 13.6. The van der Waals surface area contributed by atoms with Crippen LogP contribution in [0.1, 0.15) is 5.56 Å². The molecule has 2 aromatic carbocycles. The van der Waals surface area contributed by atoms with Crippen LogP contribution < -0.4 is 10.1 Å². The molecule has 0 saturated heterocycles. The third-order valence-corrected chi connectivity index (χ3v) is 5.21. The Morgan fingerprint density at radius 1 is 1.30 bits per heavy atom. The second kappa shape index (κ2) is 6.10. The summed E-state index contributed by atoms with van der Waals surface area (Å²) < 4.78 is 6.45. The highest BCUT2D eigenvalue weighted by atomic mass is 79.9. The predicted molar refractivity (Wildman–Crippen MR) is 89.0 cm³/mol. The van der Waals surface area contributed by atoms with Crippen molar-refractivity contribution in [3.8, 4) is 5.75 Å². The van der Waals surface area contributed by atoms with Crippen LogP contribution in [0, 0.1) is 0 Å². The lowest BCUT2D eigenvalue weighted by Crippen LogP contribution is -2.16. The van der Waals surface area contributed by atoms with Crippen LogP contribution in [0.4, 0.5) is 5.69 Å². The summed E-state index contributed by atoms with van der Waals surface area (Å²) in [4.78, 5) is 1.42. The molecular formula is C16H16BrNOS. The van der Waals surface area contributed by atoms with Crippen molar-refractivity contribution in [1.82, 2.24) is 0 Å². The van der Waals surface area contributed by atoms with Crippen LogP contribution in [0.2, 0.25) is 0 Å². The van der Waals surface area contributed by atoms with Crippen LogP contribution >= 0.6 is 27.7 Å². The number of ether oxygens (including phenoxy) is 1. The van der Waals surface area contributed by atoms with Gasteiger partial charge in [0.2, 0.25) is 0 Å². The van der Waals surface area contributed by atoms with E-state index in [1.165, 1.54) is 10.5 Å². The molecule has 20 heavy (non-hydrogen) atoms. The van der Waals surface area contributed by atoms with Crippen molar-refractivity contribution in [3.05, 3.63) is 52.5 Å². The molecule has 0 aliphatic carbocycles. The van der Waals surface area contributed by atoms with Crippen molar-refractivity contribution in [2.24, 2.45) is 0 Å². The highest BCUT2D eigenvalue weighted by Crippen LogP contribution is 2.37. The van der Waals surface area contributed by atoms with E-state index in [1.807, 2.05) is 23.9 Å². The van der Waals surface area contributed by atoms with Gasteiger partial charge in [0.05, 0.1) is 12.8 Å². The van der Waals surface area contributed by atoms with Crippen LogP contribution in [0.15, 0.2) is 51.8 Å². The number of methoxy groups -OCH3 is 1. The summed E-state index contributed by atoms with van der Waals surface area (Å²) in [7, 11) is 1.70. The fourth-order valence-electron chi connectivity index (χ4n) is 2.41. The molecule has 0 radical (unpaired) electrons. The van der Waals surface area contributed by atoms with Gasteiger partial charge in [-0.05, 0) is 36.2 Å². The summed E-state index contributed by atoms with van der Waals surface area (Å²) in [6.45, 7) is 0.937. The summed E-state index contributed by atoms with van der Waals surface area (Å²) in [5.74, 6) is 0.883. The van der Waals surface area contributed by atoms with E-state index in [9.17, 15) is 0 Å². The topological polar surface area (TPSA) is 21.3 Å². The molecular weight excluding hydrogens is 334 g/mol. The average Bonchev–Trinajstić information content (AvgIpc) is 2.88. The third kappa shape index (κ3) is 2.96. The van der Waals surface area contributed by atoms with Gasteiger partial charge in [-0.3, -0.25) is 0 Å². The van der Waals surface area contributed by atoms with Gasteiger partial charge in [-0.2, -0.15) is 0 Å². The Kier molecular flexibility index (Phi) is 4.22. The highest BCUT2D eigenvalue weighted by molar-refractivity contribution is 9.10. The van der Waals surface area contributed by atoms with Crippen LogP contribution in [0.25, 0.3) is 0 Å². The van der Waals surface area contributed by atoms with E-state index in [0.717, 1.165) is 28.9 Å². The molecule has 0 amide bonds. The minimum Gasteiger partial charge on any atom is -0.495 e. The van der Waals surface area contributed by atoms with Crippen LogP contribution in [0.5, 0.6) is 5.75 Å². The normalized spacial score (nSPS) is 16.8. The van der Waals surface area contributed by atoms with Gasteiger partial charge in [0, 0.05) is 21.2 Å². The number of rotatable bonds is 4. The molecule has 1 atom stereocenters. The lowest BCUT2D eigenvalue weighted by molar-refractivity contribution is 0.416. The minimum atomic E-state index is 0.580. The summed E-state index contributed by atoms with van der Waals surface area (Å²) in [5, 5.41) is 4.09. The number of halogens is 1. The number of anilines is 1. The van der Waals surface area contributed by atoms with E-state index in [2.05, 4.69) is 51.6 Å². The van der Waals surface area contributed by atoms with Gasteiger partial charge >= 0.3 is 0 Å². The Balaban J connectivity index is 1.65. The molecule has 4 heteroatoms. The minimum absolute atomic E-state index is 0.580. The maximum Gasteiger partial charge on any atom is 0.142 e. The second-order valence-electron chi connectivity index (χ2n) is 4.78. The van der Waals surface area contributed by atoms with Gasteiger partial charge in [0.25, 0.3) is 0 Å². The molecule has 2 aromatic rings. The molecule has 1 aliphatic rings.